The highest BCUT2D eigenvalue weighted by atomic mass is 16.6. The lowest BCUT2D eigenvalue weighted by molar-refractivity contribution is 0.143. The van der Waals surface area contributed by atoms with Gasteiger partial charge in [0.1, 0.15) is 6.07 Å². The molecule has 0 radical (unpaired) electrons. The van der Waals surface area contributed by atoms with E-state index >= 15 is 0 Å². The number of aryl methyl sites for hydroxylation is 1. The lowest BCUT2D eigenvalue weighted by Crippen LogP contribution is -2.15. The average Bonchev–Trinajstić information content (AvgIpc) is 2.93. The Morgan fingerprint density at radius 3 is 2.84 bits per heavy atom. The molecule has 0 aliphatic rings. The van der Waals surface area contributed by atoms with Gasteiger partial charge in [0.05, 0.1) is 24.6 Å². The van der Waals surface area contributed by atoms with Crippen LogP contribution in [0.4, 0.5) is 4.79 Å². The summed E-state index contributed by atoms with van der Waals surface area (Å²) in [5, 5.41) is 12.4. The number of nitriles is 1. The van der Waals surface area contributed by atoms with Gasteiger partial charge in [0.15, 0.2) is 0 Å². The number of rotatable bonds is 4. The van der Waals surface area contributed by atoms with E-state index in [1.54, 1.807) is 0 Å². The third-order valence-corrected chi connectivity index (χ3v) is 2.58. The molecule has 1 heterocycles. The molecular formula is C14H13N3O2. The van der Waals surface area contributed by atoms with Crippen LogP contribution in [0.3, 0.4) is 0 Å². The SMILES string of the molecule is N#Cc1cnn(C(=O)OCCCc2ccccc2)c1. The van der Waals surface area contributed by atoms with E-state index in [1.807, 2.05) is 36.4 Å². The van der Waals surface area contributed by atoms with Crippen LogP contribution in [0.1, 0.15) is 17.5 Å². The minimum atomic E-state index is -0.561. The van der Waals surface area contributed by atoms with Gasteiger partial charge in [0, 0.05) is 0 Å². The highest BCUT2D eigenvalue weighted by molar-refractivity contribution is 5.69. The molecule has 0 bridgehead atoms. The van der Waals surface area contributed by atoms with E-state index in [2.05, 4.69) is 5.10 Å². The van der Waals surface area contributed by atoms with Crippen LogP contribution < -0.4 is 0 Å². The van der Waals surface area contributed by atoms with E-state index < -0.39 is 6.09 Å². The molecule has 0 aliphatic heterocycles. The summed E-state index contributed by atoms with van der Waals surface area (Å²) < 4.78 is 6.09. The van der Waals surface area contributed by atoms with E-state index in [0.717, 1.165) is 17.5 Å². The van der Waals surface area contributed by atoms with Crippen LogP contribution in [0, 0.1) is 11.3 Å². The van der Waals surface area contributed by atoms with Gasteiger partial charge in [-0.1, -0.05) is 30.3 Å². The highest BCUT2D eigenvalue weighted by Gasteiger charge is 2.07. The summed E-state index contributed by atoms with van der Waals surface area (Å²) in [4.78, 5) is 11.6. The number of nitrogens with zero attached hydrogens (tertiary/aromatic N) is 3. The van der Waals surface area contributed by atoms with Crippen molar-refractivity contribution in [3.05, 3.63) is 53.9 Å². The van der Waals surface area contributed by atoms with Gasteiger partial charge in [-0.25, -0.2) is 4.79 Å². The minimum Gasteiger partial charge on any atom is -0.448 e. The van der Waals surface area contributed by atoms with E-state index in [4.69, 9.17) is 10.00 Å². The van der Waals surface area contributed by atoms with Gasteiger partial charge in [-0.2, -0.15) is 15.0 Å². The van der Waals surface area contributed by atoms with Gasteiger partial charge < -0.3 is 4.74 Å². The molecule has 0 saturated carbocycles. The van der Waals surface area contributed by atoms with Gasteiger partial charge in [0.25, 0.3) is 0 Å². The predicted octanol–water partition coefficient (Wildman–Crippen LogP) is 2.37. The first-order chi connectivity index (χ1) is 9.29. The summed E-state index contributed by atoms with van der Waals surface area (Å²) in [6.45, 7) is 0.329. The van der Waals surface area contributed by atoms with Crippen LogP contribution in [0.2, 0.25) is 0 Å². The Labute approximate surface area is 111 Å². The summed E-state index contributed by atoms with van der Waals surface area (Å²) >= 11 is 0. The van der Waals surface area contributed by atoms with Crippen molar-refractivity contribution in [3.63, 3.8) is 0 Å². The molecule has 96 valence electrons. The number of carbonyl (C=O) groups excluding carboxylic acids is 1. The largest absolute Gasteiger partial charge is 0.448 e. The third kappa shape index (κ3) is 3.68. The first-order valence-electron chi connectivity index (χ1n) is 5.95. The summed E-state index contributed by atoms with van der Waals surface area (Å²) in [6, 6.07) is 11.9. The highest BCUT2D eigenvalue weighted by Crippen LogP contribution is 2.03. The molecule has 5 nitrogen and oxygen atoms in total. The Morgan fingerprint density at radius 2 is 2.16 bits per heavy atom. The molecule has 0 atom stereocenters. The standard InChI is InChI=1S/C14H13N3O2/c15-9-13-10-16-17(11-13)14(18)19-8-4-7-12-5-2-1-3-6-12/h1-3,5-6,10-11H,4,7-8H2. The van der Waals surface area contributed by atoms with E-state index in [-0.39, 0.29) is 0 Å². The number of aromatic nitrogens is 2. The molecule has 5 heteroatoms. The maximum atomic E-state index is 11.6. The minimum absolute atomic E-state index is 0.329. The molecule has 0 unspecified atom stereocenters. The monoisotopic (exact) mass is 255 g/mol. The van der Waals surface area contributed by atoms with Crippen molar-refractivity contribution in [2.75, 3.05) is 6.61 Å². The quantitative estimate of drug-likeness (QED) is 0.786. The zero-order valence-electron chi connectivity index (χ0n) is 10.3. The fourth-order valence-electron chi connectivity index (χ4n) is 1.63. The van der Waals surface area contributed by atoms with Gasteiger partial charge in [-0.3, -0.25) is 0 Å². The van der Waals surface area contributed by atoms with Crippen LogP contribution in [0.5, 0.6) is 0 Å². The molecule has 0 spiro atoms. The van der Waals surface area contributed by atoms with Crippen molar-refractivity contribution >= 4 is 6.09 Å². The topological polar surface area (TPSA) is 67.9 Å². The molecule has 2 aromatic rings. The normalized spacial score (nSPS) is 9.84. The molecule has 0 amide bonds. The molecule has 2 rings (SSSR count). The van der Waals surface area contributed by atoms with Gasteiger partial charge in [0.2, 0.25) is 0 Å². The second-order valence-electron chi connectivity index (χ2n) is 3.99. The van der Waals surface area contributed by atoms with E-state index in [1.165, 1.54) is 18.0 Å². The number of ether oxygens (including phenoxy) is 1. The second-order valence-corrected chi connectivity index (χ2v) is 3.99. The Hall–Kier alpha value is -2.61. The van der Waals surface area contributed by atoms with Crippen LogP contribution in [-0.4, -0.2) is 22.5 Å². The van der Waals surface area contributed by atoms with Crippen LogP contribution in [0.25, 0.3) is 0 Å². The molecule has 1 aromatic heterocycles. The Morgan fingerprint density at radius 1 is 1.37 bits per heavy atom. The molecule has 1 aromatic carbocycles. The zero-order valence-corrected chi connectivity index (χ0v) is 10.3. The Kier molecular flexibility index (Phi) is 4.29. The van der Waals surface area contributed by atoms with Gasteiger partial charge in [-0.05, 0) is 18.4 Å². The van der Waals surface area contributed by atoms with Gasteiger partial charge >= 0.3 is 6.09 Å². The molecule has 0 fully saturated rings. The molecule has 19 heavy (non-hydrogen) atoms. The predicted molar refractivity (Wildman–Crippen MR) is 68.5 cm³/mol. The maximum Gasteiger partial charge on any atom is 0.434 e. The summed E-state index contributed by atoms with van der Waals surface area (Å²) in [5.41, 5.74) is 1.55. The van der Waals surface area contributed by atoms with Crippen LogP contribution in [0.15, 0.2) is 42.7 Å². The lowest BCUT2D eigenvalue weighted by atomic mass is 10.1. The van der Waals surface area contributed by atoms with Gasteiger partial charge in [-0.15, -0.1) is 0 Å². The fourth-order valence-corrected chi connectivity index (χ4v) is 1.63. The van der Waals surface area contributed by atoms with Crippen LogP contribution in [-0.2, 0) is 11.2 Å². The average molecular weight is 255 g/mol. The van der Waals surface area contributed by atoms with Crippen molar-refractivity contribution < 1.29 is 9.53 Å². The van der Waals surface area contributed by atoms with Crippen molar-refractivity contribution in [2.24, 2.45) is 0 Å². The summed E-state index contributed by atoms with van der Waals surface area (Å²) in [6.07, 6.45) is 3.72. The molecule has 0 saturated heterocycles. The lowest BCUT2D eigenvalue weighted by Gasteiger charge is -2.04. The first kappa shape index (κ1) is 12.8. The van der Waals surface area contributed by atoms with E-state index in [9.17, 15) is 4.79 Å². The van der Waals surface area contributed by atoms with Crippen molar-refractivity contribution in [1.29, 1.82) is 5.26 Å². The van der Waals surface area contributed by atoms with Crippen molar-refractivity contribution in [3.8, 4) is 6.07 Å². The maximum absolute atomic E-state index is 11.6. The number of hydrogen-bond donors (Lipinski definition) is 0. The summed E-state index contributed by atoms with van der Waals surface area (Å²) in [7, 11) is 0. The summed E-state index contributed by atoms with van der Waals surface area (Å²) in [5.74, 6) is 0. The van der Waals surface area contributed by atoms with Crippen molar-refractivity contribution in [1.82, 2.24) is 9.78 Å². The van der Waals surface area contributed by atoms with Crippen molar-refractivity contribution in [2.45, 2.75) is 12.8 Å². The Balaban J connectivity index is 1.74. The van der Waals surface area contributed by atoms with E-state index in [0.29, 0.717) is 12.2 Å². The molecular weight excluding hydrogens is 242 g/mol. The smallest absolute Gasteiger partial charge is 0.434 e. The fraction of sp³-hybridized carbons (Fsp3) is 0.214. The first-order valence-corrected chi connectivity index (χ1v) is 5.95. The van der Waals surface area contributed by atoms with Crippen LogP contribution >= 0.6 is 0 Å². The number of hydrogen-bond acceptors (Lipinski definition) is 4. The zero-order chi connectivity index (χ0) is 13.5. The number of carbonyl (C=O) groups is 1. The molecule has 0 N–H and O–H groups in total. The molecule has 0 aliphatic carbocycles. The third-order valence-electron chi connectivity index (χ3n) is 2.58. The Bertz CT molecular complexity index is 584. The second kappa shape index (κ2) is 6.36. The number of benzene rings is 1.